The SMILES string of the molecule is COC=C(C(=O)OC)c1ccccc1COc1cccc(OCC[N+]2([O-])CCOCC2)c1. The van der Waals surface area contributed by atoms with Crippen molar-refractivity contribution in [2.24, 2.45) is 0 Å². The van der Waals surface area contributed by atoms with Gasteiger partial charge in [-0.05, 0) is 23.3 Å². The molecule has 1 aliphatic heterocycles. The lowest BCUT2D eigenvalue weighted by Crippen LogP contribution is -2.52. The summed E-state index contributed by atoms with van der Waals surface area (Å²) in [4.78, 5) is 12.2. The van der Waals surface area contributed by atoms with Crippen LogP contribution in [0.25, 0.3) is 5.57 Å². The zero-order valence-corrected chi connectivity index (χ0v) is 18.5. The molecule has 0 aliphatic carbocycles. The Morgan fingerprint density at radius 2 is 1.78 bits per heavy atom. The van der Waals surface area contributed by atoms with Gasteiger partial charge < -0.3 is 33.5 Å². The van der Waals surface area contributed by atoms with Gasteiger partial charge in [0.05, 0.1) is 33.7 Å². The van der Waals surface area contributed by atoms with Crippen molar-refractivity contribution in [3.05, 3.63) is 71.1 Å². The van der Waals surface area contributed by atoms with E-state index in [-0.39, 0.29) is 11.3 Å². The first kappa shape index (κ1) is 23.6. The van der Waals surface area contributed by atoms with Gasteiger partial charge in [-0.2, -0.15) is 0 Å². The number of benzene rings is 2. The van der Waals surface area contributed by atoms with E-state index in [1.165, 1.54) is 20.5 Å². The van der Waals surface area contributed by atoms with Crippen LogP contribution in [0.2, 0.25) is 0 Å². The van der Waals surface area contributed by atoms with Crippen molar-refractivity contribution in [2.45, 2.75) is 6.61 Å². The molecule has 0 N–H and O–H groups in total. The minimum atomic E-state index is -0.492. The standard InChI is InChI=1S/C24H29NO7/c1-28-18-23(24(26)29-2)22-9-4-3-6-19(22)17-32-21-8-5-7-20(16-21)31-15-12-25(27)10-13-30-14-11-25/h3-9,16,18H,10-15,17H2,1-2H3. The summed E-state index contributed by atoms with van der Waals surface area (Å²) >= 11 is 0. The average Bonchev–Trinajstić information content (AvgIpc) is 2.82. The maximum Gasteiger partial charge on any atom is 0.341 e. The van der Waals surface area contributed by atoms with Gasteiger partial charge in [-0.25, -0.2) is 4.79 Å². The minimum Gasteiger partial charge on any atom is -0.633 e. The second-order valence-corrected chi connectivity index (χ2v) is 7.37. The van der Waals surface area contributed by atoms with E-state index in [0.29, 0.717) is 62.1 Å². The summed E-state index contributed by atoms with van der Waals surface area (Å²) in [5.74, 6) is 0.754. The predicted molar refractivity (Wildman–Crippen MR) is 119 cm³/mol. The molecule has 1 aliphatic rings. The van der Waals surface area contributed by atoms with Crippen molar-refractivity contribution in [2.75, 3.05) is 53.7 Å². The third kappa shape index (κ3) is 6.46. The summed E-state index contributed by atoms with van der Waals surface area (Å²) in [5.41, 5.74) is 1.78. The molecule has 1 saturated heterocycles. The highest BCUT2D eigenvalue weighted by molar-refractivity contribution is 6.16. The fourth-order valence-electron chi connectivity index (χ4n) is 3.40. The average molecular weight is 443 g/mol. The van der Waals surface area contributed by atoms with E-state index in [2.05, 4.69) is 0 Å². The first-order valence-corrected chi connectivity index (χ1v) is 10.4. The molecule has 32 heavy (non-hydrogen) atoms. The van der Waals surface area contributed by atoms with Crippen LogP contribution in [0.15, 0.2) is 54.8 Å². The van der Waals surface area contributed by atoms with E-state index < -0.39 is 5.97 Å². The van der Waals surface area contributed by atoms with Crippen LogP contribution in [0.3, 0.4) is 0 Å². The van der Waals surface area contributed by atoms with Gasteiger partial charge in [0.2, 0.25) is 0 Å². The van der Waals surface area contributed by atoms with E-state index in [1.54, 1.807) is 6.07 Å². The lowest BCUT2D eigenvalue weighted by molar-refractivity contribution is -0.888. The largest absolute Gasteiger partial charge is 0.633 e. The van der Waals surface area contributed by atoms with Crippen LogP contribution < -0.4 is 9.47 Å². The summed E-state index contributed by atoms with van der Waals surface area (Å²) in [5, 5.41) is 12.5. The van der Waals surface area contributed by atoms with Crippen LogP contribution in [0.4, 0.5) is 0 Å². The van der Waals surface area contributed by atoms with Crippen molar-refractivity contribution < 1.29 is 33.1 Å². The van der Waals surface area contributed by atoms with Gasteiger partial charge >= 0.3 is 5.97 Å². The molecule has 3 rings (SSSR count). The summed E-state index contributed by atoms with van der Waals surface area (Å²) in [6.45, 7) is 2.83. The number of nitrogens with zero attached hydrogens (tertiary/aromatic N) is 1. The number of carbonyl (C=O) groups is 1. The second-order valence-electron chi connectivity index (χ2n) is 7.37. The van der Waals surface area contributed by atoms with Crippen molar-refractivity contribution in [3.63, 3.8) is 0 Å². The first-order valence-electron chi connectivity index (χ1n) is 10.4. The van der Waals surface area contributed by atoms with Crippen LogP contribution >= 0.6 is 0 Å². The van der Waals surface area contributed by atoms with Crippen LogP contribution in [0, 0.1) is 5.21 Å². The highest BCUT2D eigenvalue weighted by Gasteiger charge is 2.21. The van der Waals surface area contributed by atoms with Crippen molar-refractivity contribution in [1.29, 1.82) is 0 Å². The molecular formula is C24H29NO7. The van der Waals surface area contributed by atoms with Gasteiger partial charge in [-0.1, -0.05) is 30.3 Å². The highest BCUT2D eigenvalue weighted by Crippen LogP contribution is 2.25. The van der Waals surface area contributed by atoms with Gasteiger partial charge in [-0.3, -0.25) is 0 Å². The molecule has 2 aromatic carbocycles. The molecule has 1 fully saturated rings. The Hall–Kier alpha value is -3.07. The molecule has 0 unspecified atom stereocenters. The number of morpholine rings is 1. The number of hydrogen-bond acceptors (Lipinski definition) is 7. The number of carbonyl (C=O) groups excluding carboxylic acids is 1. The van der Waals surface area contributed by atoms with Gasteiger partial charge in [0.15, 0.2) is 0 Å². The molecule has 8 nitrogen and oxygen atoms in total. The van der Waals surface area contributed by atoms with E-state index in [0.717, 1.165) is 5.56 Å². The smallest absolute Gasteiger partial charge is 0.341 e. The second kappa shape index (κ2) is 11.5. The van der Waals surface area contributed by atoms with E-state index >= 15 is 0 Å². The van der Waals surface area contributed by atoms with E-state index in [1.807, 2.05) is 42.5 Å². The van der Waals surface area contributed by atoms with Crippen LogP contribution in [0.5, 0.6) is 11.5 Å². The van der Waals surface area contributed by atoms with Crippen molar-refractivity contribution in [1.82, 2.24) is 0 Å². The quantitative estimate of drug-likeness (QED) is 0.183. The Morgan fingerprint density at radius 1 is 1.06 bits per heavy atom. The molecule has 8 heteroatoms. The molecule has 1 heterocycles. The number of methoxy groups -OCH3 is 2. The zero-order chi connectivity index (χ0) is 22.8. The Morgan fingerprint density at radius 3 is 2.50 bits per heavy atom. The number of hydroxylamine groups is 3. The molecule has 0 radical (unpaired) electrons. The number of ether oxygens (including phenoxy) is 5. The predicted octanol–water partition coefficient (Wildman–Crippen LogP) is 3.15. The number of quaternary nitrogens is 1. The monoisotopic (exact) mass is 443 g/mol. The first-order chi connectivity index (χ1) is 15.5. The minimum absolute atomic E-state index is 0.234. The van der Waals surface area contributed by atoms with Crippen LogP contribution in [-0.4, -0.2) is 64.3 Å². The Balaban J connectivity index is 1.62. The number of hydrogen-bond donors (Lipinski definition) is 0. The fourth-order valence-corrected chi connectivity index (χ4v) is 3.40. The van der Waals surface area contributed by atoms with Gasteiger partial charge in [0, 0.05) is 6.07 Å². The van der Waals surface area contributed by atoms with Crippen LogP contribution in [-0.2, 0) is 25.6 Å². The normalized spacial score (nSPS) is 15.7. The van der Waals surface area contributed by atoms with Crippen LogP contribution in [0.1, 0.15) is 11.1 Å². The third-order valence-corrected chi connectivity index (χ3v) is 5.20. The summed E-state index contributed by atoms with van der Waals surface area (Å²) in [7, 11) is 2.80. The Kier molecular flexibility index (Phi) is 8.49. The molecule has 172 valence electrons. The zero-order valence-electron chi connectivity index (χ0n) is 18.5. The van der Waals surface area contributed by atoms with Gasteiger partial charge in [-0.15, -0.1) is 0 Å². The van der Waals surface area contributed by atoms with Crippen molar-refractivity contribution in [3.8, 4) is 11.5 Å². The van der Waals surface area contributed by atoms with Gasteiger partial charge in [0.25, 0.3) is 0 Å². The maximum absolute atomic E-state index is 12.5. The molecular weight excluding hydrogens is 414 g/mol. The Labute approximate surface area is 188 Å². The van der Waals surface area contributed by atoms with E-state index in [9.17, 15) is 10.0 Å². The number of esters is 1. The lowest BCUT2D eigenvalue weighted by atomic mass is 10.0. The van der Waals surface area contributed by atoms with Crippen molar-refractivity contribution >= 4 is 11.5 Å². The Bertz CT molecular complexity index is 922. The molecule has 2 aromatic rings. The molecule has 0 amide bonds. The van der Waals surface area contributed by atoms with E-state index in [4.69, 9.17) is 23.7 Å². The summed E-state index contributed by atoms with van der Waals surface area (Å²) < 4.78 is 26.6. The lowest BCUT2D eigenvalue weighted by Gasteiger charge is -2.44. The highest BCUT2D eigenvalue weighted by atomic mass is 16.6. The molecule has 0 aromatic heterocycles. The summed E-state index contributed by atoms with van der Waals surface area (Å²) in [6, 6.07) is 14.7. The fraction of sp³-hybridized carbons (Fsp3) is 0.375. The molecule has 0 saturated carbocycles. The van der Waals surface area contributed by atoms with Gasteiger partial charge in [0.1, 0.15) is 49.9 Å². The summed E-state index contributed by atoms with van der Waals surface area (Å²) in [6.07, 6.45) is 1.36. The molecule has 0 atom stereocenters. The molecule has 0 spiro atoms. The maximum atomic E-state index is 12.5. The molecule has 0 bridgehead atoms. The third-order valence-electron chi connectivity index (χ3n) is 5.20. The topological polar surface area (TPSA) is 86.3 Å². The number of rotatable bonds is 10.